The van der Waals surface area contributed by atoms with Crippen molar-refractivity contribution in [2.24, 2.45) is 0 Å². The summed E-state index contributed by atoms with van der Waals surface area (Å²) in [6, 6.07) is 0. The highest BCUT2D eigenvalue weighted by Crippen LogP contribution is 2.11. The largest absolute Gasteiger partial charge is 0.374 e. The molecule has 3 heteroatoms. The zero-order valence-electron chi connectivity index (χ0n) is 15.9. The number of aliphatic hydroxyl groups excluding tert-OH is 1. The van der Waals surface area contributed by atoms with Gasteiger partial charge in [-0.05, 0) is 37.0 Å². The van der Waals surface area contributed by atoms with Gasteiger partial charge >= 0.3 is 0 Å². The Morgan fingerprint density at radius 2 is 1.36 bits per heavy atom. The summed E-state index contributed by atoms with van der Waals surface area (Å²) in [6.45, 7) is 3.71. The zero-order valence-corrected chi connectivity index (χ0v) is 15.9. The Kier molecular flexibility index (Phi) is 17.1. The number of nitrogens with one attached hydrogen (secondary N) is 1. The summed E-state index contributed by atoms with van der Waals surface area (Å²) in [7, 11) is 0. The van der Waals surface area contributed by atoms with E-state index in [4.69, 9.17) is 5.11 Å². The van der Waals surface area contributed by atoms with Crippen LogP contribution in [0, 0.1) is 35.5 Å². The third kappa shape index (κ3) is 20.1. The molecule has 1 atom stereocenters. The van der Waals surface area contributed by atoms with Crippen molar-refractivity contribution in [1.29, 1.82) is 0 Å². The van der Waals surface area contributed by atoms with E-state index < -0.39 is 12.1 Å². The molecule has 0 bridgehead atoms. The van der Waals surface area contributed by atoms with Crippen LogP contribution in [0.5, 0.6) is 0 Å². The van der Waals surface area contributed by atoms with Gasteiger partial charge in [-0.25, -0.2) is 0 Å². The normalized spacial score (nSPS) is 10.4. The Morgan fingerprint density at radius 1 is 0.840 bits per heavy atom. The molecule has 138 valence electrons. The predicted octanol–water partition coefficient (Wildman–Crippen LogP) is 4.15. The van der Waals surface area contributed by atoms with Crippen molar-refractivity contribution in [2.75, 3.05) is 0 Å². The van der Waals surface area contributed by atoms with Crippen molar-refractivity contribution in [3.63, 3.8) is 0 Å². The summed E-state index contributed by atoms with van der Waals surface area (Å²) < 4.78 is 0. The van der Waals surface area contributed by atoms with Gasteiger partial charge in [-0.2, -0.15) is 0 Å². The van der Waals surface area contributed by atoms with Crippen molar-refractivity contribution >= 4 is 5.91 Å². The van der Waals surface area contributed by atoms with Gasteiger partial charge < -0.3 is 10.4 Å². The van der Waals surface area contributed by atoms with Crippen molar-refractivity contribution in [1.82, 2.24) is 5.32 Å². The predicted molar refractivity (Wildman–Crippen MR) is 104 cm³/mol. The van der Waals surface area contributed by atoms with Crippen LogP contribution in [0.1, 0.15) is 90.9 Å². The number of rotatable bonds is 12. The molecule has 0 radical (unpaired) electrons. The second kappa shape index (κ2) is 18.4. The first kappa shape index (κ1) is 23.1. The van der Waals surface area contributed by atoms with E-state index in [0.717, 1.165) is 12.8 Å². The lowest BCUT2D eigenvalue weighted by Gasteiger charge is -2.01. The summed E-state index contributed by atoms with van der Waals surface area (Å²) >= 11 is 0. The minimum atomic E-state index is -0.902. The van der Waals surface area contributed by atoms with E-state index in [1.807, 2.05) is 0 Å². The third-order valence-corrected chi connectivity index (χ3v) is 3.70. The first-order chi connectivity index (χ1) is 12.2. The molecule has 2 N–H and O–H groups in total. The lowest BCUT2D eigenvalue weighted by molar-refractivity contribution is -0.118. The number of carbonyl (C=O) groups is 1. The number of hydrogen-bond donors (Lipinski definition) is 2. The Labute approximate surface area is 154 Å². The lowest BCUT2D eigenvalue weighted by atomic mass is 10.1. The summed E-state index contributed by atoms with van der Waals surface area (Å²) in [5.41, 5.74) is 0. The van der Waals surface area contributed by atoms with Gasteiger partial charge in [-0.3, -0.25) is 4.79 Å². The van der Waals surface area contributed by atoms with Crippen LogP contribution in [0.25, 0.3) is 0 Å². The fourth-order valence-electron chi connectivity index (χ4n) is 2.36. The molecular weight excluding hydrogens is 310 g/mol. The first-order valence-corrected chi connectivity index (χ1v) is 9.64. The van der Waals surface area contributed by atoms with Gasteiger partial charge in [0.15, 0.2) is 0 Å². The number of amides is 1. The molecule has 0 saturated carbocycles. The SMILES string of the molecule is CCCCCCCCCCCCCC#CC#CC#CC(=O)NC(C)O. The number of carbonyl (C=O) groups excluding carboxylic acids is 1. The smallest absolute Gasteiger partial charge is 0.298 e. The molecule has 0 heterocycles. The maximum atomic E-state index is 11.1. The maximum absolute atomic E-state index is 11.1. The van der Waals surface area contributed by atoms with Crippen LogP contribution in [-0.4, -0.2) is 17.2 Å². The lowest BCUT2D eigenvalue weighted by Crippen LogP contribution is -2.30. The van der Waals surface area contributed by atoms with Gasteiger partial charge in [0.1, 0.15) is 6.23 Å². The van der Waals surface area contributed by atoms with E-state index in [2.05, 4.69) is 47.8 Å². The van der Waals surface area contributed by atoms with Crippen LogP contribution >= 0.6 is 0 Å². The third-order valence-electron chi connectivity index (χ3n) is 3.70. The van der Waals surface area contributed by atoms with Crippen LogP contribution in [-0.2, 0) is 4.79 Å². The van der Waals surface area contributed by atoms with E-state index in [9.17, 15) is 4.79 Å². The van der Waals surface area contributed by atoms with Crippen molar-refractivity contribution < 1.29 is 9.90 Å². The van der Waals surface area contributed by atoms with Gasteiger partial charge in [-0.15, -0.1) is 0 Å². The van der Waals surface area contributed by atoms with Crippen LogP contribution in [0.4, 0.5) is 0 Å². The minimum absolute atomic E-state index is 0.543. The molecule has 0 saturated heterocycles. The highest BCUT2D eigenvalue weighted by Gasteiger charge is 1.97. The van der Waals surface area contributed by atoms with Gasteiger partial charge in [0.05, 0.1) is 0 Å². The topological polar surface area (TPSA) is 49.3 Å². The molecule has 0 aliphatic rings. The van der Waals surface area contributed by atoms with Gasteiger partial charge in [0.25, 0.3) is 5.91 Å². The summed E-state index contributed by atoms with van der Waals surface area (Å²) in [6.07, 6.45) is 14.6. The standard InChI is InChI=1S/C22H33NO2/c1-3-4-5-6-7-8-9-10-11-12-13-14-15-16-17-18-19-20-22(25)23-21(2)24/h21,24H,3-14H2,1-2H3,(H,23,25). The molecule has 0 aliphatic carbocycles. The van der Waals surface area contributed by atoms with E-state index in [-0.39, 0.29) is 0 Å². The van der Waals surface area contributed by atoms with E-state index >= 15 is 0 Å². The molecule has 0 aliphatic heterocycles. The molecule has 0 aromatic carbocycles. The monoisotopic (exact) mass is 343 g/mol. The van der Waals surface area contributed by atoms with E-state index in [1.54, 1.807) is 0 Å². The Hall–Kier alpha value is -1.89. The molecule has 0 spiro atoms. The van der Waals surface area contributed by atoms with Crippen LogP contribution in [0.2, 0.25) is 0 Å². The summed E-state index contributed by atoms with van der Waals surface area (Å²) in [5, 5.41) is 11.1. The molecule has 0 rings (SSSR count). The minimum Gasteiger partial charge on any atom is -0.374 e. The quantitative estimate of drug-likeness (QED) is 0.318. The average Bonchev–Trinajstić information content (AvgIpc) is 2.57. The second-order valence-corrected chi connectivity index (χ2v) is 6.24. The van der Waals surface area contributed by atoms with Crippen LogP contribution < -0.4 is 5.32 Å². The van der Waals surface area contributed by atoms with Crippen molar-refractivity contribution in [3.8, 4) is 35.5 Å². The first-order valence-electron chi connectivity index (χ1n) is 9.64. The van der Waals surface area contributed by atoms with E-state index in [0.29, 0.717) is 0 Å². The summed E-state index contributed by atoms with van der Waals surface area (Å²) in [5.74, 6) is 15.0. The Balaban J connectivity index is 3.48. The van der Waals surface area contributed by atoms with Crippen molar-refractivity contribution in [2.45, 2.75) is 97.1 Å². The molecule has 3 nitrogen and oxygen atoms in total. The molecule has 0 aromatic rings. The number of unbranched alkanes of at least 4 members (excludes halogenated alkanes) is 11. The molecule has 1 unspecified atom stereocenters. The van der Waals surface area contributed by atoms with Gasteiger partial charge in [0.2, 0.25) is 0 Å². The molecule has 25 heavy (non-hydrogen) atoms. The molecular formula is C22H33NO2. The fraction of sp³-hybridized carbons (Fsp3) is 0.682. The van der Waals surface area contributed by atoms with Crippen molar-refractivity contribution in [3.05, 3.63) is 0 Å². The molecule has 0 aromatic heterocycles. The summed E-state index contributed by atoms with van der Waals surface area (Å²) in [4.78, 5) is 11.1. The Morgan fingerprint density at radius 3 is 1.92 bits per heavy atom. The van der Waals surface area contributed by atoms with Gasteiger partial charge in [-0.1, -0.05) is 77.1 Å². The number of aliphatic hydroxyl groups is 1. The average molecular weight is 344 g/mol. The second-order valence-electron chi connectivity index (χ2n) is 6.24. The maximum Gasteiger partial charge on any atom is 0.298 e. The van der Waals surface area contributed by atoms with E-state index in [1.165, 1.54) is 71.1 Å². The highest BCUT2D eigenvalue weighted by atomic mass is 16.3. The highest BCUT2D eigenvalue weighted by molar-refractivity contribution is 5.94. The van der Waals surface area contributed by atoms with Crippen LogP contribution in [0.15, 0.2) is 0 Å². The zero-order chi connectivity index (χ0) is 18.6. The van der Waals surface area contributed by atoms with Crippen LogP contribution in [0.3, 0.4) is 0 Å². The molecule has 1 amide bonds. The molecule has 0 fully saturated rings. The Bertz CT molecular complexity index is 517. The van der Waals surface area contributed by atoms with Gasteiger partial charge in [0, 0.05) is 12.3 Å². The number of hydrogen-bond acceptors (Lipinski definition) is 2. The fourth-order valence-corrected chi connectivity index (χ4v) is 2.36.